The van der Waals surface area contributed by atoms with Crippen LogP contribution in [0.2, 0.25) is 0 Å². The summed E-state index contributed by atoms with van der Waals surface area (Å²) in [5.41, 5.74) is -0.0344. The molecule has 1 aromatic rings. The van der Waals surface area contributed by atoms with Gasteiger partial charge >= 0.3 is 5.97 Å². The summed E-state index contributed by atoms with van der Waals surface area (Å²) < 4.78 is 0.913. The standard InChI is InChI=1S/C11H13BrO3/c1-11(2,3)15-14-10(13)8-4-6-9(12)7-5-8/h4-7H,1-3H3. The molecule has 15 heavy (non-hydrogen) atoms. The van der Waals surface area contributed by atoms with E-state index in [-0.39, 0.29) is 0 Å². The van der Waals surface area contributed by atoms with Crippen molar-refractivity contribution in [1.82, 2.24) is 0 Å². The maximum absolute atomic E-state index is 11.4. The summed E-state index contributed by atoms with van der Waals surface area (Å²) in [5, 5.41) is 0. The molecule has 3 nitrogen and oxygen atoms in total. The molecule has 0 saturated carbocycles. The Kier molecular flexibility index (Phi) is 3.88. The van der Waals surface area contributed by atoms with Crippen LogP contribution in [-0.4, -0.2) is 11.6 Å². The molecular weight excluding hydrogens is 260 g/mol. The topological polar surface area (TPSA) is 35.5 Å². The summed E-state index contributed by atoms with van der Waals surface area (Å²) in [7, 11) is 0. The number of hydrogen-bond donors (Lipinski definition) is 0. The molecule has 0 amide bonds. The van der Waals surface area contributed by atoms with Gasteiger partial charge in [0.05, 0.1) is 5.56 Å². The van der Waals surface area contributed by atoms with Gasteiger partial charge in [0.25, 0.3) is 0 Å². The quantitative estimate of drug-likeness (QED) is 0.612. The van der Waals surface area contributed by atoms with Gasteiger partial charge in [0, 0.05) is 4.47 Å². The van der Waals surface area contributed by atoms with Crippen molar-refractivity contribution in [2.75, 3.05) is 0 Å². The molecule has 0 heterocycles. The van der Waals surface area contributed by atoms with Crippen molar-refractivity contribution in [3.05, 3.63) is 34.3 Å². The van der Waals surface area contributed by atoms with E-state index in [1.165, 1.54) is 0 Å². The number of benzene rings is 1. The predicted octanol–water partition coefficient (Wildman–Crippen LogP) is 3.34. The van der Waals surface area contributed by atoms with E-state index in [9.17, 15) is 4.79 Å². The monoisotopic (exact) mass is 272 g/mol. The number of halogens is 1. The zero-order valence-corrected chi connectivity index (χ0v) is 10.5. The third-order valence-corrected chi connectivity index (χ3v) is 1.98. The summed E-state index contributed by atoms with van der Waals surface area (Å²) in [6.45, 7) is 5.42. The second-order valence-electron chi connectivity index (χ2n) is 4.07. The van der Waals surface area contributed by atoms with Crippen LogP contribution >= 0.6 is 15.9 Å². The third kappa shape index (κ3) is 4.44. The molecule has 0 aliphatic rings. The maximum Gasteiger partial charge on any atom is 0.373 e. The fraction of sp³-hybridized carbons (Fsp3) is 0.364. The van der Waals surface area contributed by atoms with Gasteiger partial charge in [-0.25, -0.2) is 4.79 Å². The lowest BCUT2D eigenvalue weighted by molar-refractivity contribution is -0.301. The van der Waals surface area contributed by atoms with Gasteiger partial charge in [-0.3, -0.25) is 4.89 Å². The molecule has 0 aliphatic heterocycles. The summed E-state index contributed by atoms with van der Waals surface area (Å²) in [4.78, 5) is 21.0. The molecule has 0 aliphatic carbocycles. The Labute approximate surface area is 97.4 Å². The van der Waals surface area contributed by atoms with Crippen LogP contribution in [0.3, 0.4) is 0 Å². The largest absolute Gasteiger partial charge is 0.373 e. The molecule has 0 N–H and O–H groups in total. The highest BCUT2D eigenvalue weighted by atomic mass is 79.9. The first-order valence-corrected chi connectivity index (χ1v) is 5.33. The Balaban J connectivity index is 2.58. The zero-order chi connectivity index (χ0) is 11.5. The fourth-order valence-electron chi connectivity index (χ4n) is 0.797. The average Bonchev–Trinajstić information content (AvgIpc) is 2.14. The first-order chi connectivity index (χ1) is 6.88. The van der Waals surface area contributed by atoms with Crippen LogP contribution in [0.1, 0.15) is 31.1 Å². The van der Waals surface area contributed by atoms with Crippen LogP contribution in [0.4, 0.5) is 0 Å². The Bertz CT molecular complexity index is 338. The number of hydrogen-bond acceptors (Lipinski definition) is 3. The first kappa shape index (κ1) is 12.2. The SMILES string of the molecule is CC(C)(C)OOC(=O)c1ccc(Br)cc1. The van der Waals surface area contributed by atoms with Crippen molar-refractivity contribution >= 4 is 21.9 Å². The lowest BCUT2D eigenvalue weighted by Gasteiger charge is -2.16. The van der Waals surface area contributed by atoms with Gasteiger partial charge in [-0.05, 0) is 45.0 Å². The van der Waals surface area contributed by atoms with E-state index in [1.807, 2.05) is 20.8 Å². The van der Waals surface area contributed by atoms with Crippen molar-refractivity contribution in [1.29, 1.82) is 0 Å². The van der Waals surface area contributed by atoms with E-state index in [2.05, 4.69) is 20.8 Å². The van der Waals surface area contributed by atoms with Crippen LogP contribution in [0.15, 0.2) is 28.7 Å². The van der Waals surface area contributed by atoms with E-state index < -0.39 is 11.6 Å². The second-order valence-corrected chi connectivity index (χ2v) is 4.99. The predicted molar refractivity (Wildman–Crippen MR) is 60.4 cm³/mol. The van der Waals surface area contributed by atoms with E-state index in [0.29, 0.717) is 5.56 Å². The molecule has 0 spiro atoms. The minimum Gasteiger partial charge on any atom is -0.292 e. The zero-order valence-electron chi connectivity index (χ0n) is 8.91. The van der Waals surface area contributed by atoms with Crippen molar-refractivity contribution < 1.29 is 14.6 Å². The van der Waals surface area contributed by atoms with Gasteiger partial charge in [0.2, 0.25) is 0 Å². The summed E-state index contributed by atoms with van der Waals surface area (Å²) in [6, 6.07) is 6.87. The van der Waals surface area contributed by atoms with Gasteiger partial charge in [-0.15, -0.1) is 0 Å². The van der Waals surface area contributed by atoms with Crippen LogP contribution in [0.25, 0.3) is 0 Å². The third-order valence-electron chi connectivity index (χ3n) is 1.45. The molecule has 0 unspecified atom stereocenters. The molecule has 0 atom stereocenters. The van der Waals surface area contributed by atoms with E-state index in [4.69, 9.17) is 4.89 Å². The molecule has 0 saturated heterocycles. The van der Waals surface area contributed by atoms with Crippen LogP contribution in [-0.2, 0) is 9.78 Å². The first-order valence-electron chi connectivity index (χ1n) is 4.54. The highest BCUT2D eigenvalue weighted by Gasteiger charge is 2.16. The fourth-order valence-corrected chi connectivity index (χ4v) is 1.06. The minimum absolute atomic E-state index is 0.461. The second kappa shape index (κ2) is 4.77. The Morgan fingerprint density at radius 3 is 2.20 bits per heavy atom. The van der Waals surface area contributed by atoms with Crippen LogP contribution in [0.5, 0.6) is 0 Å². The summed E-state index contributed by atoms with van der Waals surface area (Å²) in [6.07, 6.45) is 0. The molecule has 0 radical (unpaired) electrons. The lowest BCUT2D eigenvalue weighted by atomic mass is 10.2. The Morgan fingerprint density at radius 2 is 1.73 bits per heavy atom. The van der Waals surface area contributed by atoms with Gasteiger partial charge < -0.3 is 0 Å². The van der Waals surface area contributed by atoms with Crippen molar-refractivity contribution in [2.24, 2.45) is 0 Å². The van der Waals surface area contributed by atoms with E-state index in [0.717, 1.165) is 4.47 Å². The van der Waals surface area contributed by atoms with Crippen LogP contribution < -0.4 is 0 Å². The normalized spacial score (nSPS) is 11.2. The Hall–Kier alpha value is -0.870. The summed E-state index contributed by atoms with van der Waals surface area (Å²) in [5.74, 6) is -0.488. The average molecular weight is 273 g/mol. The van der Waals surface area contributed by atoms with Gasteiger partial charge in [0.15, 0.2) is 0 Å². The minimum atomic E-state index is -0.495. The van der Waals surface area contributed by atoms with Gasteiger partial charge in [-0.2, -0.15) is 4.89 Å². The van der Waals surface area contributed by atoms with Gasteiger partial charge in [-0.1, -0.05) is 15.9 Å². The van der Waals surface area contributed by atoms with E-state index in [1.54, 1.807) is 24.3 Å². The smallest absolute Gasteiger partial charge is 0.292 e. The lowest BCUT2D eigenvalue weighted by Crippen LogP contribution is -2.21. The summed E-state index contributed by atoms with van der Waals surface area (Å²) >= 11 is 3.28. The highest BCUT2D eigenvalue weighted by Crippen LogP contribution is 2.13. The number of carbonyl (C=O) groups excluding carboxylic acids is 1. The van der Waals surface area contributed by atoms with Crippen molar-refractivity contribution in [2.45, 2.75) is 26.4 Å². The van der Waals surface area contributed by atoms with Crippen LogP contribution in [0, 0.1) is 0 Å². The number of rotatable bonds is 2. The molecule has 82 valence electrons. The molecule has 0 aromatic heterocycles. The van der Waals surface area contributed by atoms with E-state index >= 15 is 0 Å². The molecule has 0 bridgehead atoms. The molecule has 0 fully saturated rings. The van der Waals surface area contributed by atoms with Crippen molar-refractivity contribution in [3.8, 4) is 0 Å². The molecule has 1 aromatic carbocycles. The maximum atomic E-state index is 11.4. The van der Waals surface area contributed by atoms with Crippen molar-refractivity contribution in [3.63, 3.8) is 0 Å². The highest BCUT2D eigenvalue weighted by molar-refractivity contribution is 9.10. The molecule has 4 heteroatoms. The molecular formula is C11H13BrO3. The number of carbonyl (C=O) groups is 1. The molecule has 1 rings (SSSR count). The Morgan fingerprint density at radius 1 is 1.20 bits per heavy atom. The van der Waals surface area contributed by atoms with Gasteiger partial charge in [0.1, 0.15) is 5.60 Å².